The molecule has 6 nitrogen and oxygen atoms in total. The molecule has 1 fully saturated rings. The van der Waals surface area contributed by atoms with Crippen LogP contribution in [0.25, 0.3) is 17.0 Å². The van der Waals surface area contributed by atoms with Crippen molar-refractivity contribution in [2.75, 3.05) is 32.7 Å². The Kier molecular flexibility index (Phi) is 5.81. The van der Waals surface area contributed by atoms with Crippen LogP contribution < -0.4 is 5.56 Å². The van der Waals surface area contributed by atoms with E-state index in [-0.39, 0.29) is 18.0 Å². The summed E-state index contributed by atoms with van der Waals surface area (Å²) in [4.78, 5) is 33.7. The topological polar surface area (TPSA) is 58.4 Å². The zero-order valence-corrected chi connectivity index (χ0v) is 16.3. The maximum atomic E-state index is 12.7. The predicted octanol–water partition coefficient (Wildman–Crippen LogP) is 2.25. The molecule has 2 heterocycles. The highest BCUT2D eigenvalue weighted by atomic mass is 16.2. The number of nitrogens with zero attached hydrogens (tertiary/aromatic N) is 4. The first-order valence-electron chi connectivity index (χ1n) is 9.86. The smallest absolute Gasteiger partial charge is 0.261 e. The second kappa shape index (κ2) is 8.84. The molecular formula is C23H24N4O2. The van der Waals surface area contributed by atoms with Gasteiger partial charge < -0.3 is 4.90 Å². The van der Waals surface area contributed by atoms with Crippen LogP contribution in [0, 0.1) is 0 Å². The molecule has 6 heteroatoms. The second-order valence-corrected chi connectivity index (χ2v) is 7.19. The molecule has 0 unspecified atom stereocenters. The second-order valence-electron chi connectivity index (χ2n) is 7.19. The number of carbonyl (C=O) groups excluding carboxylic acids is 1. The van der Waals surface area contributed by atoms with E-state index in [0.717, 1.165) is 19.6 Å². The van der Waals surface area contributed by atoms with E-state index in [1.165, 1.54) is 16.5 Å². The Morgan fingerprint density at radius 3 is 2.48 bits per heavy atom. The largest absolute Gasteiger partial charge is 0.339 e. The molecule has 1 aromatic heterocycles. The third-order valence-electron chi connectivity index (χ3n) is 5.24. The summed E-state index contributed by atoms with van der Waals surface area (Å²) in [5, 5.41) is 0.540. The number of benzene rings is 2. The Morgan fingerprint density at radius 2 is 1.69 bits per heavy atom. The highest BCUT2D eigenvalue weighted by Crippen LogP contribution is 2.07. The van der Waals surface area contributed by atoms with Gasteiger partial charge in [0.25, 0.3) is 5.56 Å². The van der Waals surface area contributed by atoms with Crippen LogP contribution in [0.2, 0.25) is 0 Å². The summed E-state index contributed by atoms with van der Waals surface area (Å²) in [6.07, 6.45) is 5.75. The van der Waals surface area contributed by atoms with Crippen molar-refractivity contribution in [1.29, 1.82) is 0 Å². The molecular weight excluding hydrogens is 364 g/mol. The van der Waals surface area contributed by atoms with Crippen LogP contribution in [0.4, 0.5) is 0 Å². The van der Waals surface area contributed by atoms with Crippen LogP contribution in [0.3, 0.4) is 0 Å². The molecule has 0 atom stereocenters. The van der Waals surface area contributed by atoms with Crippen LogP contribution in [0.5, 0.6) is 0 Å². The van der Waals surface area contributed by atoms with Gasteiger partial charge in [-0.15, -0.1) is 0 Å². The van der Waals surface area contributed by atoms with Crippen molar-refractivity contribution in [2.24, 2.45) is 0 Å². The lowest BCUT2D eigenvalue weighted by molar-refractivity contribution is -0.133. The molecule has 2 aromatic carbocycles. The van der Waals surface area contributed by atoms with Crippen LogP contribution in [0.15, 0.2) is 71.8 Å². The molecule has 0 N–H and O–H groups in total. The maximum absolute atomic E-state index is 12.7. The predicted molar refractivity (Wildman–Crippen MR) is 114 cm³/mol. The zero-order chi connectivity index (χ0) is 20.1. The summed E-state index contributed by atoms with van der Waals surface area (Å²) in [6.45, 7) is 3.91. The SMILES string of the molecule is O=C(Cn1cnc2ccccc2c1=O)N1CCN(CC=Cc2ccccc2)CC1. The van der Waals surface area contributed by atoms with E-state index in [4.69, 9.17) is 0 Å². The van der Waals surface area contributed by atoms with Crippen molar-refractivity contribution in [2.45, 2.75) is 6.54 Å². The summed E-state index contributed by atoms with van der Waals surface area (Å²) >= 11 is 0. The molecule has 0 aliphatic carbocycles. The molecule has 0 radical (unpaired) electrons. The third-order valence-corrected chi connectivity index (χ3v) is 5.24. The first-order valence-corrected chi connectivity index (χ1v) is 9.86. The van der Waals surface area contributed by atoms with Crippen LogP contribution in [-0.2, 0) is 11.3 Å². The van der Waals surface area contributed by atoms with E-state index in [1.54, 1.807) is 12.1 Å². The summed E-state index contributed by atoms with van der Waals surface area (Å²) in [6, 6.07) is 17.4. The fourth-order valence-corrected chi connectivity index (χ4v) is 3.55. The molecule has 29 heavy (non-hydrogen) atoms. The first kappa shape index (κ1) is 19.1. The van der Waals surface area contributed by atoms with Gasteiger partial charge in [0, 0.05) is 32.7 Å². The highest BCUT2D eigenvalue weighted by Gasteiger charge is 2.21. The van der Waals surface area contributed by atoms with E-state index in [1.807, 2.05) is 35.2 Å². The number of aromatic nitrogens is 2. The van der Waals surface area contributed by atoms with Gasteiger partial charge in [0.2, 0.25) is 5.91 Å². The minimum atomic E-state index is -0.173. The molecule has 1 aliphatic rings. The number of para-hydroxylation sites is 1. The quantitative estimate of drug-likeness (QED) is 0.673. The Bertz CT molecular complexity index is 1070. The van der Waals surface area contributed by atoms with Gasteiger partial charge in [-0.2, -0.15) is 0 Å². The van der Waals surface area contributed by atoms with Gasteiger partial charge in [0.15, 0.2) is 0 Å². The average Bonchev–Trinajstić information content (AvgIpc) is 2.77. The number of fused-ring (bicyclic) bond motifs is 1. The number of carbonyl (C=O) groups is 1. The molecule has 1 saturated heterocycles. The monoisotopic (exact) mass is 388 g/mol. The lowest BCUT2D eigenvalue weighted by Crippen LogP contribution is -2.49. The molecule has 148 valence electrons. The zero-order valence-electron chi connectivity index (χ0n) is 16.3. The molecule has 3 aromatic rings. The minimum absolute atomic E-state index is 0.0323. The van der Waals surface area contributed by atoms with Gasteiger partial charge >= 0.3 is 0 Å². The lowest BCUT2D eigenvalue weighted by Gasteiger charge is -2.34. The molecule has 0 bridgehead atoms. The summed E-state index contributed by atoms with van der Waals surface area (Å²) < 4.78 is 1.40. The van der Waals surface area contributed by atoms with Gasteiger partial charge in [0.1, 0.15) is 6.54 Å². The van der Waals surface area contributed by atoms with Gasteiger partial charge in [-0.3, -0.25) is 19.1 Å². The molecule has 1 amide bonds. The van der Waals surface area contributed by atoms with E-state index in [9.17, 15) is 9.59 Å². The normalized spacial score (nSPS) is 15.2. The third kappa shape index (κ3) is 4.60. The Hall–Kier alpha value is -3.25. The van der Waals surface area contributed by atoms with Crippen LogP contribution >= 0.6 is 0 Å². The van der Waals surface area contributed by atoms with Crippen LogP contribution in [-0.4, -0.2) is 58.0 Å². The number of hydrogen-bond donors (Lipinski definition) is 0. The number of amides is 1. The molecule has 4 rings (SSSR count). The molecule has 0 saturated carbocycles. The van der Waals surface area contributed by atoms with Gasteiger partial charge in [-0.25, -0.2) is 4.98 Å². The van der Waals surface area contributed by atoms with Crippen molar-refractivity contribution >= 4 is 22.9 Å². The summed E-state index contributed by atoms with van der Waals surface area (Å²) in [5.41, 5.74) is 1.67. The standard InChI is InChI=1S/C23H24N4O2/c28-22(17-27-18-24-21-11-5-4-10-20(21)23(27)29)26-15-13-25(14-16-26)12-6-9-19-7-2-1-3-8-19/h1-11,18H,12-17H2. The Balaban J connectivity index is 1.31. The fraction of sp³-hybridized carbons (Fsp3) is 0.261. The van der Waals surface area contributed by atoms with E-state index < -0.39 is 0 Å². The van der Waals surface area contributed by atoms with Gasteiger partial charge in [-0.05, 0) is 17.7 Å². The fourth-order valence-electron chi connectivity index (χ4n) is 3.55. The highest BCUT2D eigenvalue weighted by molar-refractivity contribution is 5.79. The summed E-state index contributed by atoms with van der Waals surface area (Å²) in [7, 11) is 0. The number of hydrogen-bond acceptors (Lipinski definition) is 4. The van der Waals surface area contributed by atoms with Gasteiger partial charge in [-0.1, -0.05) is 54.6 Å². The van der Waals surface area contributed by atoms with Crippen molar-refractivity contribution < 1.29 is 4.79 Å². The first-order chi connectivity index (χ1) is 14.2. The average molecular weight is 388 g/mol. The Labute approximate surface area is 169 Å². The van der Waals surface area contributed by atoms with E-state index in [2.05, 4.69) is 34.2 Å². The van der Waals surface area contributed by atoms with Crippen molar-refractivity contribution in [3.8, 4) is 0 Å². The van der Waals surface area contributed by atoms with E-state index >= 15 is 0 Å². The number of piperazine rings is 1. The Morgan fingerprint density at radius 1 is 0.966 bits per heavy atom. The van der Waals surface area contributed by atoms with Gasteiger partial charge in [0.05, 0.1) is 17.2 Å². The van der Waals surface area contributed by atoms with E-state index in [0.29, 0.717) is 24.0 Å². The van der Waals surface area contributed by atoms with Crippen molar-refractivity contribution in [3.63, 3.8) is 0 Å². The minimum Gasteiger partial charge on any atom is -0.339 e. The maximum Gasteiger partial charge on any atom is 0.261 e. The number of rotatable bonds is 5. The van der Waals surface area contributed by atoms with Crippen molar-refractivity contribution in [3.05, 3.63) is 82.9 Å². The van der Waals surface area contributed by atoms with Crippen LogP contribution in [0.1, 0.15) is 5.56 Å². The summed E-state index contributed by atoms with van der Waals surface area (Å²) in [5.74, 6) is -0.0383. The van der Waals surface area contributed by atoms with Crippen molar-refractivity contribution in [1.82, 2.24) is 19.4 Å². The molecule has 0 spiro atoms. The lowest BCUT2D eigenvalue weighted by atomic mass is 10.2. The molecule has 1 aliphatic heterocycles.